The molecule has 1 aromatic carbocycles. The fourth-order valence-corrected chi connectivity index (χ4v) is 2.24. The van der Waals surface area contributed by atoms with E-state index in [-0.39, 0.29) is 17.8 Å². The SMILES string of the molecule is C#CCOC(=O)C(CC)Sc1ccccc1N. The second kappa shape index (κ2) is 6.87. The zero-order chi connectivity index (χ0) is 12.7. The molecule has 1 rings (SSSR count). The average Bonchev–Trinajstić information content (AvgIpc) is 2.35. The first kappa shape index (κ1) is 13.5. The predicted octanol–water partition coefficient (Wildman–Crippen LogP) is 2.32. The number of benzene rings is 1. The van der Waals surface area contributed by atoms with Gasteiger partial charge in [0.1, 0.15) is 5.25 Å². The van der Waals surface area contributed by atoms with Crippen LogP contribution in [0.5, 0.6) is 0 Å². The number of para-hydroxylation sites is 1. The third-order valence-corrected chi connectivity index (χ3v) is 3.56. The van der Waals surface area contributed by atoms with Gasteiger partial charge in [-0.3, -0.25) is 4.79 Å². The molecule has 0 aliphatic rings. The average molecular weight is 249 g/mol. The van der Waals surface area contributed by atoms with Crippen molar-refractivity contribution in [3.63, 3.8) is 0 Å². The number of nitrogens with two attached hydrogens (primary N) is 1. The van der Waals surface area contributed by atoms with Crippen LogP contribution in [-0.4, -0.2) is 17.8 Å². The summed E-state index contributed by atoms with van der Waals surface area (Å²) in [4.78, 5) is 12.6. The summed E-state index contributed by atoms with van der Waals surface area (Å²) < 4.78 is 4.92. The van der Waals surface area contributed by atoms with E-state index in [1.807, 2.05) is 31.2 Å². The highest BCUT2D eigenvalue weighted by Gasteiger charge is 2.19. The van der Waals surface area contributed by atoms with Crippen LogP contribution < -0.4 is 5.73 Å². The van der Waals surface area contributed by atoms with Crippen LogP contribution in [0.1, 0.15) is 13.3 Å². The molecule has 0 aliphatic carbocycles. The van der Waals surface area contributed by atoms with E-state index in [2.05, 4.69) is 5.92 Å². The molecule has 0 spiro atoms. The summed E-state index contributed by atoms with van der Waals surface area (Å²) in [6.45, 7) is 1.94. The first-order valence-corrected chi connectivity index (χ1v) is 6.18. The Morgan fingerprint density at radius 2 is 2.29 bits per heavy atom. The minimum Gasteiger partial charge on any atom is -0.452 e. The molecule has 0 bridgehead atoms. The lowest BCUT2D eigenvalue weighted by Gasteiger charge is -2.13. The second-order valence-corrected chi connectivity index (χ2v) is 4.61. The number of esters is 1. The molecule has 17 heavy (non-hydrogen) atoms. The molecule has 0 fully saturated rings. The van der Waals surface area contributed by atoms with Gasteiger partial charge in [-0.15, -0.1) is 18.2 Å². The number of carbonyl (C=O) groups excluding carboxylic acids is 1. The molecular weight excluding hydrogens is 234 g/mol. The Kier molecular flexibility index (Phi) is 5.44. The van der Waals surface area contributed by atoms with Gasteiger partial charge >= 0.3 is 5.97 Å². The highest BCUT2D eigenvalue weighted by molar-refractivity contribution is 8.00. The molecule has 0 saturated carbocycles. The summed E-state index contributed by atoms with van der Waals surface area (Å²) in [6.07, 6.45) is 5.71. The van der Waals surface area contributed by atoms with E-state index in [0.29, 0.717) is 12.1 Å². The Morgan fingerprint density at radius 1 is 1.59 bits per heavy atom. The Bertz CT molecular complexity index is 426. The van der Waals surface area contributed by atoms with E-state index in [1.165, 1.54) is 11.8 Å². The summed E-state index contributed by atoms with van der Waals surface area (Å²) in [5, 5.41) is -0.270. The van der Waals surface area contributed by atoms with Crippen molar-refractivity contribution >= 4 is 23.4 Å². The summed E-state index contributed by atoms with van der Waals surface area (Å²) in [5.41, 5.74) is 6.49. The fraction of sp³-hybridized carbons (Fsp3) is 0.308. The summed E-state index contributed by atoms with van der Waals surface area (Å²) in [7, 11) is 0. The highest BCUT2D eigenvalue weighted by atomic mass is 32.2. The largest absolute Gasteiger partial charge is 0.452 e. The van der Waals surface area contributed by atoms with Gasteiger partial charge in [0, 0.05) is 10.6 Å². The van der Waals surface area contributed by atoms with Gasteiger partial charge in [-0.25, -0.2) is 0 Å². The van der Waals surface area contributed by atoms with E-state index < -0.39 is 0 Å². The van der Waals surface area contributed by atoms with E-state index in [9.17, 15) is 4.79 Å². The van der Waals surface area contributed by atoms with Crippen molar-refractivity contribution < 1.29 is 9.53 Å². The summed E-state index contributed by atoms with van der Waals surface area (Å²) >= 11 is 1.41. The number of terminal acetylenes is 1. The lowest BCUT2D eigenvalue weighted by molar-refractivity contribution is -0.141. The van der Waals surface area contributed by atoms with Crippen LogP contribution in [-0.2, 0) is 9.53 Å². The Morgan fingerprint density at radius 3 is 2.88 bits per heavy atom. The smallest absolute Gasteiger partial charge is 0.320 e. The van der Waals surface area contributed by atoms with Gasteiger partial charge in [0.25, 0.3) is 0 Å². The first-order chi connectivity index (χ1) is 8.19. The van der Waals surface area contributed by atoms with Crippen LogP contribution in [0, 0.1) is 12.3 Å². The van der Waals surface area contributed by atoms with Crippen molar-refractivity contribution in [1.29, 1.82) is 0 Å². The molecule has 1 aromatic rings. The quantitative estimate of drug-likeness (QED) is 0.376. The van der Waals surface area contributed by atoms with E-state index in [0.717, 1.165) is 4.90 Å². The lowest BCUT2D eigenvalue weighted by Crippen LogP contribution is -2.19. The van der Waals surface area contributed by atoms with Crippen LogP contribution in [0.15, 0.2) is 29.2 Å². The summed E-state index contributed by atoms with van der Waals surface area (Å²) in [6, 6.07) is 7.44. The number of hydrogen-bond donors (Lipinski definition) is 1. The first-order valence-electron chi connectivity index (χ1n) is 5.30. The van der Waals surface area contributed by atoms with Crippen molar-refractivity contribution in [2.45, 2.75) is 23.5 Å². The van der Waals surface area contributed by atoms with Gasteiger partial charge in [0.2, 0.25) is 0 Å². The zero-order valence-electron chi connectivity index (χ0n) is 9.68. The maximum Gasteiger partial charge on any atom is 0.320 e. The number of thioether (sulfide) groups is 1. The van der Waals surface area contributed by atoms with E-state index >= 15 is 0 Å². The van der Waals surface area contributed by atoms with Crippen molar-refractivity contribution in [2.75, 3.05) is 12.3 Å². The van der Waals surface area contributed by atoms with Crippen LogP contribution in [0.3, 0.4) is 0 Å². The van der Waals surface area contributed by atoms with Gasteiger partial charge in [-0.1, -0.05) is 25.0 Å². The van der Waals surface area contributed by atoms with Gasteiger partial charge in [-0.05, 0) is 18.6 Å². The maximum absolute atomic E-state index is 11.7. The molecule has 0 aliphatic heterocycles. The van der Waals surface area contributed by atoms with E-state index in [1.54, 1.807) is 0 Å². The van der Waals surface area contributed by atoms with Gasteiger partial charge in [-0.2, -0.15) is 0 Å². The third kappa shape index (κ3) is 4.04. The Hall–Kier alpha value is -1.60. The molecule has 0 radical (unpaired) electrons. The number of nitrogen functional groups attached to an aromatic ring is 1. The van der Waals surface area contributed by atoms with Crippen molar-refractivity contribution in [3.8, 4) is 12.3 Å². The fourth-order valence-electron chi connectivity index (χ4n) is 1.24. The van der Waals surface area contributed by atoms with Crippen LogP contribution in [0.4, 0.5) is 5.69 Å². The molecule has 0 amide bonds. The molecule has 4 heteroatoms. The topological polar surface area (TPSA) is 52.3 Å². The van der Waals surface area contributed by atoms with Crippen LogP contribution in [0.2, 0.25) is 0 Å². The van der Waals surface area contributed by atoms with Crippen molar-refractivity contribution in [2.24, 2.45) is 0 Å². The molecule has 0 saturated heterocycles. The van der Waals surface area contributed by atoms with E-state index in [4.69, 9.17) is 16.9 Å². The molecule has 90 valence electrons. The standard InChI is InChI=1S/C13H15NO2S/c1-3-9-16-13(15)11(4-2)17-12-8-6-5-7-10(12)14/h1,5-8,11H,4,9,14H2,2H3. The predicted molar refractivity (Wildman–Crippen MR) is 70.6 cm³/mol. The minimum atomic E-state index is -0.293. The molecule has 1 unspecified atom stereocenters. The Balaban J connectivity index is 2.67. The molecule has 1 atom stereocenters. The second-order valence-electron chi connectivity index (χ2n) is 3.36. The van der Waals surface area contributed by atoms with Crippen LogP contribution >= 0.6 is 11.8 Å². The maximum atomic E-state index is 11.7. The number of anilines is 1. The lowest BCUT2D eigenvalue weighted by atomic mass is 10.3. The molecule has 3 nitrogen and oxygen atoms in total. The van der Waals surface area contributed by atoms with Gasteiger partial charge in [0.15, 0.2) is 6.61 Å². The van der Waals surface area contributed by atoms with Gasteiger partial charge < -0.3 is 10.5 Å². The molecular formula is C13H15NO2S. The van der Waals surface area contributed by atoms with Crippen molar-refractivity contribution in [1.82, 2.24) is 0 Å². The number of ether oxygens (including phenoxy) is 1. The minimum absolute atomic E-state index is 0.0141. The summed E-state index contributed by atoms with van der Waals surface area (Å²) in [5.74, 6) is 1.98. The molecule has 0 heterocycles. The third-order valence-electron chi connectivity index (χ3n) is 2.12. The number of carbonyl (C=O) groups is 1. The molecule has 0 aromatic heterocycles. The number of rotatable bonds is 5. The van der Waals surface area contributed by atoms with Crippen LogP contribution in [0.25, 0.3) is 0 Å². The van der Waals surface area contributed by atoms with Gasteiger partial charge in [0.05, 0.1) is 0 Å². The highest BCUT2D eigenvalue weighted by Crippen LogP contribution is 2.30. The Labute approximate surface area is 106 Å². The normalized spacial score (nSPS) is 11.5. The number of hydrogen-bond acceptors (Lipinski definition) is 4. The monoisotopic (exact) mass is 249 g/mol. The van der Waals surface area contributed by atoms with Crippen molar-refractivity contribution in [3.05, 3.63) is 24.3 Å². The zero-order valence-corrected chi connectivity index (χ0v) is 10.5. The molecule has 2 N–H and O–H groups in total.